The Bertz CT molecular complexity index is 260. The smallest absolute Gasteiger partial charge is 0.0185 e. The minimum atomic E-state index is 0.351. The van der Waals surface area contributed by atoms with Crippen molar-refractivity contribution in [3.8, 4) is 0 Å². The molecule has 0 radical (unpaired) electrons. The maximum absolute atomic E-state index is 5.84. The first-order chi connectivity index (χ1) is 6.72. The third-order valence-electron chi connectivity index (χ3n) is 2.04. The molecule has 0 bridgehead atoms. The highest BCUT2D eigenvalue weighted by atomic mass is 127. The number of rotatable bonds is 5. The van der Waals surface area contributed by atoms with Crippen LogP contribution in [0.5, 0.6) is 0 Å². The lowest BCUT2D eigenvalue weighted by atomic mass is 10.2. The van der Waals surface area contributed by atoms with Crippen molar-refractivity contribution in [2.24, 2.45) is 5.73 Å². The molecule has 14 heavy (non-hydrogen) atoms. The van der Waals surface area contributed by atoms with E-state index in [-0.39, 0.29) is 0 Å². The molecule has 0 aliphatic heterocycles. The fourth-order valence-corrected chi connectivity index (χ4v) is 2.47. The summed E-state index contributed by atoms with van der Waals surface area (Å²) in [5, 5.41) is 0. The molecule has 0 heterocycles. The molecular formula is C11H16INS. The molecule has 0 amide bonds. The fraction of sp³-hybridized carbons (Fsp3) is 0.455. The third kappa shape index (κ3) is 4.66. The van der Waals surface area contributed by atoms with Crippen molar-refractivity contribution in [3.63, 3.8) is 0 Å². The van der Waals surface area contributed by atoms with E-state index in [0.29, 0.717) is 6.04 Å². The summed E-state index contributed by atoms with van der Waals surface area (Å²) in [5.41, 5.74) is 7.23. The molecule has 0 aliphatic carbocycles. The van der Waals surface area contributed by atoms with Crippen LogP contribution in [0.3, 0.4) is 0 Å². The lowest BCUT2D eigenvalue weighted by Gasteiger charge is -2.07. The molecule has 1 rings (SSSR count). The maximum atomic E-state index is 5.84. The van der Waals surface area contributed by atoms with Crippen LogP contribution in [0.15, 0.2) is 24.3 Å². The first-order valence-corrected chi connectivity index (χ1v) is 7.03. The second-order valence-corrected chi connectivity index (χ2v) is 5.59. The minimum Gasteiger partial charge on any atom is -0.327 e. The van der Waals surface area contributed by atoms with Crippen molar-refractivity contribution < 1.29 is 0 Å². The molecule has 0 spiro atoms. The summed E-state index contributed by atoms with van der Waals surface area (Å²) < 4.78 is 1.29. The molecular weight excluding hydrogens is 305 g/mol. The van der Waals surface area contributed by atoms with Gasteiger partial charge in [0.05, 0.1) is 0 Å². The molecule has 0 aromatic heterocycles. The van der Waals surface area contributed by atoms with Crippen LogP contribution in [0.25, 0.3) is 0 Å². The Morgan fingerprint density at radius 3 is 2.57 bits per heavy atom. The predicted molar refractivity (Wildman–Crippen MR) is 73.6 cm³/mol. The number of hydrogen-bond donors (Lipinski definition) is 1. The standard InChI is InChI=1S/C11H16INS/c1-2-11(13)8-14-7-9-3-5-10(12)6-4-9/h3-6,11H,2,7-8,13H2,1H3. The highest BCUT2D eigenvalue weighted by Gasteiger charge is 1.99. The van der Waals surface area contributed by atoms with Gasteiger partial charge in [-0.05, 0) is 46.7 Å². The molecule has 1 nitrogen and oxygen atoms in total. The first kappa shape index (κ1) is 12.3. The van der Waals surface area contributed by atoms with Crippen LogP contribution in [-0.4, -0.2) is 11.8 Å². The zero-order valence-electron chi connectivity index (χ0n) is 8.37. The lowest BCUT2D eigenvalue weighted by Crippen LogP contribution is -2.21. The lowest BCUT2D eigenvalue weighted by molar-refractivity contribution is 0.725. The number of benzene rings is 1. The quantitative estimate of drug-likeness (QED) is 0.843. The molecule has 78 valence electrons. The Hall–Kier alpha value is 0.260. The summed E-state index contributed by atoms with van der Waals surface area (Å²) in [6.45, 7) is 2.14. The van der Waals surface area contributed by atoms with Gasteiger partial charge in [-0.2, -0.15) is 11.8 Å². The molecule has 0 saturated heterocycles. The normalized spacial score (nSPS) is 12.8. The van der Waals surface area contributed by atoms with E-state index >= 15 is 0 Å². The topological polar surface area (TPSA) is 26.0 Å². The Labute approximate surface area is 104 Å². The second kappa shape index (κ2) is 6.69. The summed E-state index contributed by atoms with van der Waals surface area (Å²) in [6, 6.07) is 9.02. The van der Waals surface area contributed by atoms with Crippen LogP contribution < -0.4 is 5.73 Å². The molecule has 1 aromatic carbocycles. The largest absolute Gasteiger partial charge is 0.327 e. The minimum absolute atomic E-state index is 0.351. The average Bonchev–Trinajstić information content (AvgIpc) is 2.21. The van der Waals surface area contributed by atoms with Gasteiger partial charge >= 0.3 is 0 Å². The number of nitrogens with two attached hydrogens (primary N) is 1. The van der Waals surface area contributed by atoms with Gasteiger partial charge in [0.1, 0.15) is 0 Å². The fourth-order valence-electron chi connectivity index (χ4n) is 1.03. The molecule has 2 N–H and O–H groups in total. The van der Waals surface area contributed by atoms with E-state index in [9.17, 15) is 0 Å². The van der Waals surface area contributed by atoms with Crippen molar-refractivity contribution in [3.05, 3.63) is 33.4 Å². The van der Waals surface area contributed by atoms with E-state index in [2.05, 4.69) is 53.8 Å². The zero-order chi connectivity index (χ0) is 10.4. The van der Waals surface area contributed by atoms with Gasteiger partial charge in [-0.25, -0.2) is 0 Å². The van der Waals surface area contributed by atoms with Crippen LogP contribution in [0.1, 0.15) is 18.9 Å². The van der Waals surface area contributed by atoms with E-state index < -0.39 is 0 Å². The Kier molecular flexibility index (Phi) is 5.89. The summed E-state index contributed by atoms with van der Waals surface area (Å²) >= 11 is 4.24. The number of halogens is 1. The van der Waals surface area contributed by atoms with E-state index in [1.54, 1.807) is 0 Å². The molecule has 0 aliphatic rings. The van der Waals surface area contributed by atoms with Gasteiger partial charge in [0.15, 0.2) is 0 Å². The summed E-state index contributed by atoms with van der Waals surface area (Å²) in [6.07, 6.45) is 1.07. The Balaban J connectivity index is 2.28. The van der Waals surface area contributed by atoms with Crippen molar-refractivity contribution in [2.45, 2.75) is 25.1 Å². The van der Waals surface area contributed by atoms with Gasteiger partial charge < -0.3 is 5.73 Å². The van der Waals surface area contributed by atoms with Crippen LogP contribution in [0.4, 0.5) is 0 Å². The van der Waals surface area contributed by atoms with Crippen LogP contribution >= 0.6 is 34.4 Å². The highest BCUT2D eigenvalue weighted by Crippen LogP contribution is 2.14. The van der Waals surface area contributed by atoms with E-state index in [4.69, 9.17) is 5.73 Å². The zero-order valence-corrected chi connectivity index (χ0v) is 11.3. The number of thioether (sulfide) groups is 1. The summed E-state index contributed by atoms with van der Waals surface area (Å²) in [4.78, 5) is 0. The average molecular weight is 321 g/mol. The van der Waals surface area contributed by atoms with Crippen molar-refractivity contribution in [1.29, 1.82) is 0 Å². The summed E-state index contributed by atoms with van der Waals surface area (Å²) in [7, 11) is 0. The van der Waals surface area contributed by atoms with Crippen molar-refractivity contribution in [1.82, 2.24) is 0 Å². The molecule has 0 saturated carbocycles. The van der Waals surface area contributed by atoms with Gasteiger partial charge in [-0.1, -0.05) is 19.1 Å². The Morgan fingerprint density at radius 1 is 1.36 bits per heavy atom. The van der Waals surface area contributed by atoms with E-state index in [0.717, 1.165) is 17.9 Å². The van der Waals surface area contributed by atoms with E-state index in [1.165, 1.54) is 9.13 Å². The van der Waals surface area contributed by atoms with Crippen LogP contribution in [-0.2, 0) is 5.75 Å². The van der Waals surface area contributed by atoms with Crippen molar-refractivity contribution in [2.75, 3.05) is 5.75 Å². The molecule has 0 fully saturated rings. The van der Waals surface area contributed by atoms with Crippen molar-refractivity contribution >= 4 is 34.4 Å². The van der Waals surface area contributed by atoms with Crippen LogP contribution in [0, 0.1) is 3.57 Å². The molecule has 1 unspecified atom stereocenters. The first-order valence-electron chi connectivity index (χ1n) is 4.80. The number of hydrogen-bond acceptors (Lipinski definition) is 2. The monoisotopic (exact) mass is 321 g/mol. The van der Waals surface area contributed by atoms with Gasteiger partial charge in [0.25, 0.3) is 0 Å². The molecule has 1 atom stereocenters. The summed E-state index contributed by atoms with van der Waals surface area (Å²) in [5.74, 6) is 2.13. The maximum Gasteiger partial charge on any atom is 0.0185 e. The van der Waals surface area contributed by atoms with Gasteiger partial charge in [-0.15, -0.1) is 0 Å². The Morgan fingerprint density at radius 2 is 2.00 bits per heavy atom. The SMILES string of the molecule is CCC(N)CSCc1ccc(I)cc1. The molecule has 1 aromatic rings. The second-order valence-electron chi connectivity index (χ2n) is 3.31. The third-order valence-corrected chi connectivity index (χ3v) is 3.96. The van der Waals surface area contributed by atoms with Gasteiger partial charge in [0.2, 0.25) is 0 Å². The van der Waals surface area contributed by atoms with E-state index in [1.807, 2.05) is 11.8 Å². The highest BCUT2D eigenvalue weighted by molar-refractivity contribution is 14.1. The predicted octanol–water partition coefficient (Wildman–Crippen LogP) is 3.26. The van der Waals surface area contributed by atoms with Gasteiger partial charge in [0, 0.05) is 21.1 Å². The van der Waals surface area contributed by atoms with Crippen LogP contribution in [0.2, 0.25) is 0 Å². The van der Waals surface area contributed by atoms with Gasteiger partial charge in [-0.3, -0.25) is 0 Å². The molecule has 3 heteroatoms.